The van der Waals surface area contributed by atoms with Crippen LogP contribution in [0.3, 0.4) is 0 Å². The fraction of sp³-hybridized carbons (Fsp3) is 0.182. The predicted octanol–water partition coefficient (Wildman–Crippen LogP) is 3.44. The molecule has 0 N–H and O–H groups in total. The molecule has 0 saturated heterocycles. The van der Waals surface area contributed by atoms with Crippen LogP contribution in [-0.2, 0) is 7.05 Å². The summed E-state index contributed by atoms with van der Waals surface area (Å²) in [5.41, 5.74) is 0.975. The van der Waals surface area contributed by atoms with Gasteiger partial charge in [-0.2, -0.15) is 0 Å². The van der Waals surface area contributed by atoms with Crippen LogP contribution >= 0.6 is 23.4 Å². The molecule has 0 unspecified atom stereocenters. The van der Waals surface area contributed by atoms with Crippen LogP contribution < -0.4 is 0 Å². The molecule has 1 aromatic carbocycles. The Kier molecular flexibility index (Phi) is 3.58. The van der Waals surface area contributed by atoms with Gasteiger partial charge in [0.15, 0.2) is 5.03 Å². The molecule has 0 spiro atoms. The van der Waals surface area contributed by atoms with Crippen molar-refractivity contribution < 1.29 is 4.92 Å². The largest absolute Gasteiger partial charge is 0.396 e. The van der Waals surface area contributed by atoms with Crippen LogP contribution in [0.4, 0.5) is 5.82 Å². The maximum atomic E-state index is 10.9. The standard InChI is InChI=1S/C11H10ClN3O2S/c1-7-4-3-5-8(12)9(7)18-11-10(15(16)17)13-6-14(11)2/h3-6H,1-2H3. The van der Waals surface area contributed by atoms with E-state index in [2.05, 4.69) is 4.98 Å². The monoisotopic (exact) mass is 283 g/mol. The number of rotatable bonds is 3. The molecule has 5 nitrogen and oxygen atoms in total. The Hall–Kier alpha value is -1.53. The Morgan fingerprint density at radius 1 is 1.50 bits per heavy atom. The summed E-state index contributed by atoms with van der Waals surface area (Å²) in [4.78, 5) is 15.0. The molecular formula is C11H10ClN3O2S. The summed E-state index contributed by atoms with van der Waals surface area (Å²) < 4.78 is 1.62. The van der Waals surface area contributed by atoms with Gasteiger partial charge in [0, 0.05) is 11.9 Å². The Labute approximate surface area is 113 Å². The quantitative estimate of drug-likeness (QED) is 0.639. The van der Waals surface area contributed by atoms with Crippen LogP contribution in [0.1, 0.15) is 5.56 Å². The van der Waals surface area contributed by atoms with Gasteiger partial charge in [-0.15, -0.1) is 0 Å². The lowest BCUT2D eigenvalue weighted by atomic mass is 10.2. The van der Waals surface area contributed by atoms with E-state index in [1.807, 2.05) is 19.1 Å². The molecule has 0 aliphatic heterocycles. The highest BCUT2D eigenvalue weighted by Crippen LogP contribution is 2.38. The van der Waals surface area contributed by atoms with Gasteiger partial charge in [0.2, 0.25) is 6.33 Å². The van der Waals surface area contributed by atoms with E-state index in [0.29, 0.717) is 10.0 Å². The second-order valence-electron chi connectivity index (χ2n) is 3.73. The molecule has 2 aromatic rings. The summed E-state index contributed by atoms with van der Waals surface area (Å²) in [7, 11) is 1.72. The number of benzene rings is 1. The van der Waals surface area contributed by atoms with Gasteiger partial charge in [0.1, 0.15) is 0 Å². The van der Waals surface area contributed by atoms with Crippen molar-refractivity contribution in [3.8, 4) is 0 Å². The smallest absolute Gasteiger partial charge is 0.358 e. The van der Waals surface area contributed by atoms with Gasteiger partial charge in [-0.05, 0) is 28.5 Å². The molecular weight excluding hydrogens is 274 g/mol. The third kappa shape index (κ3) is 2.34. The minimum atomic E-state index is -0.492. The molecule has 0 saturated carbocycles. The van der Waals surface area contributed by atoms with Crippen LogP contribution in [0.2, 0.25) is 5.02 Å². The lowest BCUT2D eigenvalue weighted by molar-refractivity contribution is -0.392. The SMILES string of the molecule is Cc1cccc(Cl)c1Sc1c([N+](=O)[O-])ncn1C. The first-order valence-corrected chi connectivity index (χ1v) is 6.29. The van der Waals surface area contributed by atoms with E-state index in [1.165, 1.54) is 18.1 Å². The molecule has 18 heavy (non-hydrogen) atoms. The summed E-state index contributed by atoms with van der Waals surface area (Å²) in [6, 6.07) is 5.52. The molecule has 2 rings (SSSR count). The predicted molar refractivity (Wildman–Crippen MR) is 70.2 cm³/mol. The molecule has 0 aliphatic rings. The van der Waals surface area contributed by atoms with Crippen LogP contribution in [-0.4, -0.2) is 14.5 Å². The zero-order valence-electron chi connectivity index (χ0n) is 9.75. The summed E-state index contributed by atoms with van der Waals surface area (Å²) in [5.74, 6) is -0.151. The normalized spacial score (nSPS) is 10.6. The summed E-state index contributed by atoms with van der Waals surface area (Å²) in [6.07, 6.45) is 1.42. The average Bonchev–Trinajstić information content (AvgIpc) is 2.66. The minimum Gasteiger partial charge on any atom is -0.358 e. The van der Waals surface area contributed by atoms with Crippen LogP contribution in [0.25, 0.3) is 0 Å². The second-order valence-corrected chi connectivity index (χ2v) is 5.14. The van der Waals surface area contributed by atoms with Gasteiger partial charge >= 0.3 is 5.82 Å². The summed E-state index contributed by atoms with van der Waals surface area (Å²) in [6.45, 7) is 1.91. The average molecular weight is 284 g/mol. The number of hydrogen-bond donors (Lipinski definition) is 0. The number of nitrogens with zero attached hydrogens (tertiary/aromatic N) is 3. The summed E-state index contributed by atoms with van der Waals surface area (Å²) in [5, 5.41) is 11.9. The molecule has 0 atom stereocenters. The van der Waals surface area contributed by atoms with E-state index in [9.17, 15) is 10.1 Å². The molecule has 0 radical (unpaired) electrons. The van der Waals surface area contributed by atoms with E-state index in [4.69, 9.17) is 11.6 Å². The van der Waals surface area contributed by atoms with Crippen molar-refractivity contribution in [1.82, 2.24) is 9.55 Å². The van der Waals surface area contributed by atoms with Gasteiger partial charge < -0.3 is 14.7 Å². The van der Waals surface area contributed by atoms with Crippen molar-refractivity contribution in [2.45, 2.75) is 16.8 Å². The molecule has 0 aliphatic carbocycles. The van der Waals surface area contributed by atoms with E-state index < -0.39 is 4.92 Å². The Morgan fingerprint density at radius 3 is 2.83 bits per heavy atom. The number of nitro groups is 1. The van der Waals surface area contributed by atoms with Crippen LogP contribution in [0, 0.1) is 17.0 Å². The van der Waals surface area contributed by atoms with Gasteiger partial charge in [-0.25, -0.2) is 0 Å². The van der Waals surface area contributed by atoms with Crippen LogP contribution in [0.5, 0.6) is 0 Å². The Bertz CT molecular complexity index is 592. The molecule has 0 fully saturated rings. The lowest BCUT2D eigenvalue weighted by Gasteiger charge is -2.07. The lowest BCUT2D eigenvalue weighted by Crippen LogP contribution is -1.94. The minimum absolute atomic E-state index is 0.151. The van der Waals surface area contributed by atoms with Gasteiger partial charge in [0.05, 0.1) is 5.02 Å². The molecule has 0 bridgehead atoms. The van der Waals surface area contributed by atoms with Gasteiger partial charge in [-0.1, -0.05) is 35.5 Å². The van der Waals surface area contributed by atoms with E-state index in [1.54, 1.807) is 17.7 Å². The van der Waals surface area contributed by atoms with Crippen LogP contribution in [0.15, 0.2) is 34.4 Å². The Balaban J connectivity index is 2.46. The fourth-order valence-electron chi connectivity index (χ4n) is 1.49. The maximum Gasteiger partial charge on any atom is 0.396 e. The van der Waals surface area contributed by atoms with E-state index in [0.717, 1.165) is 10.5 Å². The number of aryl methyl sites for hydroxylation is 2. The molecule has 1 aromatic heterocycles. The molecule has 94 valence electrons. The molecule has 7 heteroatoms. The zero-order valence-corrected chi connectivity index (χ0v) is 11.3. The van der Waals surface area contributed by atoms with Gasteiger partial charge in [-0.3, -0.25) is 0 Å². The van der Waals surface area contributed by atoms with Crippen molar-refractivity contribution in [2.24, 2.45) is 7.05 Å². The highest BCUT2D eigenvalue weighted by atomic mass is 35.5. The third-order valence-electron chi connectivity index (χ3n) is 2.40. The van der Waals surface area contributed by atoms with Crippen molar-refractivity contribution in [1.29, 1.82) is 0 Å². The number of aromatic nitrogens is 2. The number of hydrogen-bond acceptors (Lipinski definition) is 4. The first-order valence-electron chi connectivity index (χ1n) is 5.09. The molecule has 0 amide bonds. The van der Waals surface area contributed by atoms with Crippen molar-refractivity contribution >= 4 is 29.2 Å². The second kappa shape index (κ2) is 4.99. The zero-order chi connectivity index (χ0) is 13.3. The van der Waals surface area contributed by atoms with Crippen molar-refractivity contribution in [3.05, 3.63) is 45.2 Å². The van der Waals surface area contributed by atoms with Gasteiger partial charge in [0.25, 0.3) is 0 Å². The Morgan fingerprint density at radius 2 is 2.22 bits per heavy atom. The summed E-state index contributed by atoms with van der Waals surface area (Å²) >= 11 is 7.37. The van der Waals surface area contributed by atoms with Crippen molar-refractivity contribution in [2.75, 3.05) is 0 Å². The third-order valence-corrected chi connectivity index (χ3v) is 4.24. The van der Waals surface area contributed by atoms with E-state index >= 15 is 0 Å². The fourth-order valence-corrected chi connectivity index (χ4v) is 2.83. The first kappa shape index (κ1) is 12.9. The first-order chi connectivity index (χ1) is 8.50. The number of halogens is 1. The highest BCUT2D eigenvalue weighted by Gasteiger charge is 2.22. The molecule has 1 heterocycles. The topological polar surface area (TPSA) is 61.0 Å². The van der Waals surface area contributed by atoms with Crippen molar-refractivity contribution in [3.63, 3.8) is 0 Å². The highest BCUT2D eigenvalue weighted by molar-refractivity contribution is 7.99. The van der Waals surface area contributed by atoms with E-state index in [-0.39, 0.29) is 5.82 Å². The number of imidazole rings is 1. The maximum absolute atomic E-state index is 10.9.